The van der Waals surface area contributed by atoms with Gasteiger partial charge in [0.15, 0.2) is 0 Å². The van der Waals surface area contributed by atoms with E-state index in [-0.39, 0.29) is 0 Å². The average Bonchev–Trinajstić information content (AvgIpc) is 3.00. The number of halogens is 2. The fourth-order valence-electron chi connectivity index (χ4n) is 3.52. The molecule has 0 radical (unpaired) electrons. The molecule has 2 unspecified atom stereocenters. The summed E-state index contributed by atoms with van der Waals surface area (Å²) in [6.07, 6.45) is 5.43. The van der Waals surface area contributed by atoms with E-state index < -0.39 is 0 Å². The van der Waals surface area contributed by atoms with E-state index in [4.69, 9.17) is 4.74 Å². The fraction of sp³-hybridized carbons (Fsp3) is 0.600. The zero-order chi connectivity index (χ0) is 12.8. The Hall–Kier alpha value is -0.0200. The van der Waals surface area contributed by atoms with Gasteiger partial charge in [-0.05, 0) is 66.7 Å². The molecule has 0 bridgehead atoms. The summed E-state index contributed by atoms with van der Waals surface area (Å²) in [4.78, 5) is 0. The van der Waals surface area contributed by atoms with Crippen molar-refractivity contribution in [3.8, 4) is 5.75 Å². The van der Waals surface area contributed by atoms with Crippen LogP contribution in [0.15, 0.2) is 22.7 Å². The van der Waals surface area contributed by atoms with E-state index in [2.05, 4.69) is 44.0 Å². The SMILES string of the molecule is COc1ccc(Br)c(CC2(CBr)CC3CC3C2)c1. The van der Waals surface area contributed by atoms with Crippen molar-refractivity contribution in [2.24, 2.45) is 17.3 Å². The van der Waals surface area contributed by atoms with Crippen LogP contribution < -0.4 is 4.74 Å². The molecule has 2 fully saturated rings. The first kappa shape index (κ1) is 13.0. The van der Waals surface area contributed by atoms with Crippen molar-refractivity contribution in [1.82, 2.24) is 0 Å². The Kier molecular flexibility index (Phi) is 3.48. The van der Waals surface area contributed by atoms with E-state index in [0.717, 1.165) is 29.3 Å². The van der Waals surface area contributed by atoms with Gasteiger partial charge in [-0.3, -0.25) is 0 Å². The normalized spacial score (nSPS) is 33.3. The van der Waals surface area contributed by atoms with Crippen LogP contribution in [0.5, 0.6) is 5.75 Å². The third kappa shape index (κ3) is 2.36. The summed E-state index contributed by atoms with van der Waals surface area (Å²) < 4.78 is 6.55. The molecule has 2 aliphatic rings. The van der Waals surface area contributed by atoms with Crippen molar-refractivity contribution in [3.05, 3.63) is 28.2 Å². The highest BCUT2D eigenvalue weighted by Crippen LogP contribution is 2.61. The Balaban J connectivity index is 1.82. The standard InChI is InChI=1S/C15H18Br2O/c1-18-13-2-3-14(17)12(5-13)8-15(9-16)6-10-4-11(10)7-15/h2-3,5,10-11H,4,6-9H2,1H3. The summed E-state index contributed by atoms with van der Waals surface area (Å²) in [7, 11) is 1.73. The lowest BCUT2D eigenvalue weighted by atomic mass is 9.79. The van der Waals surface area contributed by atoms with Gasteiger partial charge in [-0.1, -0.05) is 31.9 Å². The molecule has 0 saturated heterocycles. The van der Waals surface area contributed by atoms with E-state index in [9.17, 15) is 0 Å². The number of rotatable bonds is 4. The zero-order valence-electron chi connectivity index (χ0n) is 10.6. The van der Waals surface area contributed by atoms with Gasteiger partial charge in [0.05, 0.1) is 7.11 Å². The van der Waals surface area contributed by atoms with Crippen LogP contribution in [0.4, 0.5) is 0 Å². The number of methoxy groups -OCH3 is 1. The Labute approximate surface area is 126 Å². The summed E-state index contributed by atoms with van der Waals surface area (Å²) in [5, 5.41) is 1.12. The molecule has 1 aromatic rings. The molecule has 1 aromatic carbocycles. The molecule has 3 rings (SSSR count). The predicted octanol–water partition coefficient (Wildman–Crippen LogP) is 4.81. The number of hydrogen-bond donors (Lipinski definition) is 0. The Morgan fingerprint density at radius 3 is 2.67 bits per heavy atom. The van der Waals surface area contributed by atoms with E-state index in [1.165, 1.54) is 29.3 Å². The monoisotopic (exact) mass is 372 g/mol. The Morgan fingerprint density at radius 2 is 2.06 bits per heavy atom. The van der Waals surface area contributed by atoms with E-state index in [1.807, 2.05) is 6.07 Å². The van der Waals surface area contributed by atoms with Gasteiger partial charge in [-0.25, -0.2) is 0 Å². The molecule has 2 atom stereocenters. The molecular formula is C15H18Br2O. The van der Waals surface area contributed by atoms with Gasteiger partial charge in [0.25, 0.3) is 0 Å². The minimum atomic E-state index is 0.475. The molecular weight excluding hydrogens is 356 g/mol. The molecule has 0 N–H and O–H groups in total. The summed E-state index contributed by atoms with van der Waals surface area (Å²) >= 11 is 7.43. The predicted molar refractivity (Wildman–Crippen MR) is 81.5 cm³/mol. The van der Waals surface area contributed by atoms with E-state index >= 15 is 0 Å². The molecule has 2 saturated carbocycles. The van der Waals surface area contributed by atoms with Gasteiger partial charge < -0.3 is 4.74 Å². The van der Waals surface area contributed by atoms with Crippen LogP contribution in [-0.4, -0.2) is 12.4 Å². The molecule has 0 heterocycles. The molecule has 1 nitrogen and oxygen atoms in total. The lowest BCUT2D eigenvalue weighted by molar-refractivity contribution is 0.307. The lowest BCUT2D eigenvalue weighted by Crippen LogP contribution is -2.24. The van der Waals surface area contributed by atoms with Crippen LogP contribution in [0.25, 0.3) is 0 Å². The maximum absolute atomic E-state index is 5.34. The van der Waals surface area contributed by atoms with Crippen LogP contribution >= 0.6 is 31.9 Å². The second-order valence-electron chi connectivity index (χ2n) is 5.93. The topological polar surface area (TPSA) is 9.23 Å². The lowest BCUT2D eigenvalue weighted by Gasteiger charge is -2.29. The van der Waals surface area contributed by atoms with Crippen molar-refractivity contribution >= 4 is 31.9 Å². The highest BCUT2D eigenvalue weighted by molar-refractivity contribution is 9.10. The van der Waals surface area contributed by atoms with Crippen LogP contribution in [0.2, 0.25) is 0 Å². The quantitative estimate of drug-likeness (QED) is 0.688. The molecule has 0 spiro atoms. The molecule has 2 aliphatic carbocycles. The molecule has 0 aliphatic heterocycles. The van der Waals surface area contributed by atoms with Gasteiger partial charge in [0.2, 0.25) is 0 Å². The van der Waals surface area contributed by atoms with Crippen molar-refractivity contribution < 1.29 is 4.74 Å². The van der Waals surface area contributed by atoms with Crippen LogP contribution in [0.1, 0.15) is 24.8 Å². The maximum atomic E-state index is 5.34. The first-order valence-corrected chi connectivity index (χ1v) is 8.46. The molecule has 18 heavy (non-hydrogen) atoms. The van der Waals surface area contributed by atoms with Crippen molar-refractivity contribution in [1.29, 1.82) is 0 Å². The summed E-state index contributed by atoms with van der Waals surface area (Å²) in [5.41, 5.74) is 1.86. The number of ether oxygens (including phenoxy) is 1. The van der Waals surface area contributed by atoms with E-state index in [1.54, 1.807) is 7.11 Å². The first-order valence-electron chi connectivity index (χ1n) is 6.54. The van der Waals surface area contributed by atoms with Gasteiger partial charge in [-0.2, -0.15) is 0 Å². The number of hydrogen-bond acceptors (Lipinski definition) is 1. The largest absolute Gasteiger partial charge is 0.497 e. The van der Waals surface area contributed by atoms with Gasteiger partial charge in [-0.15, -0.1) is 0 Å². The summed E-state index contributed by atoms with van der Waals surface area (Å²) in [6.45, 7) is 0. The third-order valence-corrected chi connectivity index (χ3v) is 6.52. The molecule has 98 valence electrons. The summed E-state index contributed by atoms with van der Waals surface area (Å²) in [5.74, 6) is 3.00. The summed E-state index contributed by atoms with van der Waals surface area (Å²) in [6, 6.07) is 6.30. The molecule has 0 amide bonds. The first-order chi connectivity index (χ1) is 8.65. The average molecular weight is 374 g/mol. The number of alkyl halides is 1. The Bertz CT molecular complexity index is 448. The van der Waals surface area contributed by atoms with Gasteiger partial charge in [0, 0.05) is 9.80 Å². The van der Waals surface area contributed by atoms with Crippen LogP contribution in [-0.2, 0) is 6.42 Å². The smallest absolute Gasteiger partial charge is 0.119 e. The van der Waals surface area contributed by atoms with Crippen LogP contribution in [0, 0.1) is 17.3 Å². The second kappa shape index (κ2) is 4.82. The maximum Gasteiger partial charge on any atom is 0.119 e. The Morgan fingerprint density at radius 1 is 1.33 bits per heavy atom. The van der Waals surface area contributed by atoms with Crippen molar-refractivity contribution in [3.63, 3.8) is 0 Å². The van der Waals surface area contributed by atoms with Crippen molar-refractivity contribution in [2.45, 2.75) is 25.7 Å². The van der Waals surface area contributed by atoms with Crippen LogP contribution in [0.3, 0.4) is 0 Å². The minimum absolute atomic E-state index is 0.475. The molecule has 0 aromatic heterocycles. The number of fused-ring (bicyclic) bond motifs is 1. The van der Waals surface area contributed by atoms with Crippen molar-refractivity contribution in [2.75, 3.05) is 12.4 Å². The third-order valence-electron chi connectivity index (χ3n) is 4.56. The number of benzene rings is 1. The zero-order valence-corrected chi connectivity index (χ0v) is 13.8. The fourth-order valence-corrected chi connectivity index (χ4v) is 4.57. The highest BCUT2D eigenvalue weighted by atomic mass is 79.9. The minimum Gasteiger partial charge on any atom is -0.497 e. The van der Waals surface area contributed by atoms with Gasteiger partial charge in [0.1, 0.15) is 5.75 Å². The van der Waals surface area contributed by atoms with Gasteiger partial charge >= 0.3 is 0 Å². The highest BCUT2D eigenvalue weighted by Gasteiger charge is 2.53. The van der Waals surface area contributed by atoms with E-state index in [0.29, 0.717) is 5.41 Å². The second-order valence-corrected chi connectivity index (χ2v) is 7.35. The molecule has 3 heteroatoms.